The molecule has 0 rings (SSSR count). The predicted octanol–water partition coefficient (Wildman–Crippen LogP) is -7.59. The Hall–Kier alpha value is 1.26. The normalized spacial score (nSPS) is 15.9. The number of hydrogen-bond acceptors (Lipinski definition) is 8. The topological polar surface area (TPSA) is 189 Å². The van der Waals surface area contributed by atoms with Crippen molar-refractivity contribution in [3.63, 3.8) is 0 Å². The first-order valence-corrected chi connectivity index (χ1v) is 12.1. The van der Waals surface area contributed by atoms with E-state index < -0.39 is 56.1 Å². The fourth-order valence-electron chi connectivity index (χ4n) is 2.68. The van der Waals surface area contributed by atoms with Crippen molar-refractivity contribution >= 4 is 31.4 Å². The Morgan fingerprint density at radius 3 is 1.97 bits per heavy atom. The van der Waals surface area contributed by atoms with Crippen molar-refractivity contribution in [1.29, 1.82) is 0 Å². The van der Waals surface area contributed by atoms with Crippen LogP contribution in [0.2, 0.25) is 0 Å². The van der Waals surface area contributed by atoms with E-state index in [4.69, 9.17) is 0 Å². The number of nitrogens with one attached hydrogen (secondary N) is 4. The van der Waals surface area contributed by atoms with Gasteiger partial charge in [0, 0.05) is 0 Å². The first kappa shape index (κ1) is 39.8. The van der Waals surface area contributed by atoms with Crippen LogP contribution in [0.1, 0.15) is 54.4 Å². The number of carbonyl (C=O) groups excluding carboxylic acids is 4. The summed E-state index contributed by atoms with van der Waals surface area (Å²) in [4.78, 5) is 59.8. The Bertz CT molecular complexity index is 714. The number of hydrogen-bond donors (Lipinski definition) is 4. The molecule has 0 fully saturated rings. The molecule has 1 unspecified atom stereocenters. The van der Waals surface area contributed by atoms with E-state index in [0.29, 0.717) is 6.42 Å². The van der Waals surface area contributed by atoms with Crippen LogP contribution in [0.15, 0.2) is 0 Å². The van der Waals surface area contributed by atoms with Gasteiger partial charge in [0.05, 0.1) is 31.2 Å². The molecule has 12 nitrogen and oxygen atoms in total. The summed E-state index contributed by atoms with van der Waals surface area (Å²) in [7, 11) is -4.46. The maximum Gasteiger partial charge on any atom is 1.00 e. The molecule has 4 N–H and O–H groups in total. The standard InChI is InChI=1S/C19H37N4O8P.2K/c1-7-12(5)16(23-32(29,30)31-8-2)18(26)21-13(6)17(25)20-10-15(24)22-14(19(27)28)9-11(3)4;;/h11-14,16H,7-10H2,1-6H3,(H,20,25)(H,21,26)(H,22,24)(H,27,28)(H2,23,29,30);;/q;2*+1/p-2/t12-,13-,14-,16-;;/m0../s1. The van der Waals surface area contributed by atoms with Gasteiger partial charge in [0.25, 0.3) is 0 Å². The van der Waals surface area contributed by atoms with Crippen molar-refractivity contribution in [3.05, 3.63) is 0 Å². The summed E-state index contributed by atoms with van der Waals surface area (Å²) in [6, 6.07) is -3.44. The molecule has 0 aromatic heterocycles. The third kappa shape index (κ3) is 16.9. The molecule has 0 aliphatic rings. The van der Waals surface area contributed by atoms with E-state index in [9.17, 15) is 33.7 Å². The average Bonchev–Trinajstić information content (AvgIpc) is 2.68. The van der Waals surface area contributed by atoms with Gasteiger partial charge >= 0.3 is 103 Å². The molecule has 0 saturated heterocycles. The molecule has 0 aliphatic heterocycles. The molecule has 186 valence electrons. The van der Waals surface area contributed by atoms with E-state index in [1.165, 1.54) is 13.8 Å². The van der Waals surface area contributed by atoms with Crippen molar-refractivity contribution in [2.45, 2.75) is 72.5 Å². The van der Waals surface area contributed by atoms with Crippen molar-refractivity contribution in [2.75, 3.05) is 13.2 Å². The third-order valence-corrected chi connectivity index (χ3v) is 5.79. The summed E-state index contributed by atoms with van der Waals surface area (Å²) in [5, 5.41) is 20.3. The van der Waals surface area contributed by atoms with E-state index in [0.717, 1.165) is 0 Å². The SMILES string of the molecule is CCOP(=O)([O-])N[C@H](C(=O)N[C@@H](C)C(=O)NCC(=O)N[C@@H](CC(C)C)C(=O)[O-])[C@@H](C)CC.[K+].[K+]. The minimum atomic E-state index is -4.46. The molecule has 0 aliphatic carbocycles. The monoisotopic (exact) mass is 556 g/mol. The van der Waals surface area contributed by atoms with E-state index in [-0.39, 0.29) is 128 Å². The van der Waals surface area contributed by atoms with E-state index >= 15 is 0 Å². The number of carbonyl (C=O) groups is 4. The van der Waals surface area contributed by atoms with Crippen LogP contribution in [0, 0.1) is 11.8 Å². The average molecular weight is 557 g/mol. The first-order valence-electron chi connectivity index (χ1n) is 10.6. The van der Waals surface area contributed by atoms with E-state index in [1.54, 1.807) is 27.7 Å². The van der Waals surface area contributed by atoms with Gasteiger partial charge in [0.2, 0.25) is 25.5 Å². The van der Waals surface area contributed by atoms with Gasteiger partial charge in [-0.1, -0.05) is 34.1 Å². The third-order valence-electron chi connectivity index (χ3n) is 4.59. The molecule has 0 bridgehead atoms. The van der Waals surface area contributed by atoms with Crippen molar-refractivity contribution in [1.82, 2.24) is 21.0 Å². The summed E-state index contributed by atoms with van der Waals surface area (Å²) in [5.41, 5.74) is 0. The van der Waals surface area contributed by atoms with Crippen molar-refractivity contribution in [2.24, 2.45) is 11.8 Å². The number of rotatable bonds is 15. The fourth-order valence-corrected chi connectivity index (χ4v) is 3.80. The fraction of sp³-hybridized carbons (Fsp3) is 0.789. The Kier molecular flexibility index (Phi) is 23.7. The second-order valence-electron chi connectivity index (χ2n) is 7.92. The van der Waals surface area contributed by atoms with Gasteiger partial charge in [-0.2, -0.15) is 0 Å². The van der Waals surface area contributed by atoms with Gasteiger partial charge in [0.1, 0.15) is 6.04 Å². The summed E-state index contributed by atoms with van der Waals surface area (Å²) >= 11 is 0. The van der Waals surface area contributed by atoms with Crippen LogP contribution in [0.25, 0.3) is 0 Å². The summed E-state index contributed by atoms with van der Waals surface area (Å²) < 4.78 is 16.5. The van der Waals surface area contributed by atoms with Crippen LogP contribution in [0.3, 0.4) is 0 Å². The molecular weight excluding hydrogens is 521 g/mol. The molecule has 0 saturated carbocycles. The quantitative estimate of drug-likeness (QED) is 0.112. The number of carboxylic acids is 1. The number of amides is 3. The predicted molar refractivity (Wildman–Crippen MR) is 113 cm³/mol. The van der Waals surface area contributed by atoms with E-state index in [2.05, 4.69) is 25.6 Å². The van der Waals surface area contributed by atoms with Crippen molar-refractivity contribution < 1.29 is 141 Å². The van der Waals surface area contributed by atoms with Crippen LogP contribution < -0.4 is 134 Å². The van der Waals surface area contributed by atoms with Crippen LogP contribution in [-0.4, -0.2) is 55.0 Å². The zero-order valence-corrected chi connectivity index (χ0v) is 28.6. The maximum atomic E-state index is 12.6. The first-order chi connectivity index (χ1) is 14.7. The Morgan fingerprint density at radius 2 is 1.53 bits per heavy atom. The van der Waals surface area contributed by atoms with Gasteiger partial charge in [-0.05, 0) is 32.1 Å². The van der Waals surface area contributed by atoms with Gasteiger partial charge in [-0.15, -0.1) is 0 Å². The number of carboxylic acid groups (broad SMARTS) is 1. The van der Waals surface area contributed by atoms with Crippen LogP contribution in [-0.2, 0) is 28.3 Å². The number of aliphatic carboxylic acids is 1. The Labute approximate surface area is 286 Å². The van der Waals surface area contributed by atoms with Gasteiger partial charge in [0.15, 0.2) is 0 Å². The molecular formula is C19H35K2N4O8P. The van der Waals surface area contributed by atoms with Gasteiger partial charge in [-0.25, -0.2) is 5.09 Å². The van der Waals surface area contributed by atoms with Crippen LogP contribution in [0.4, 0.5) is 0 Å². The molecule has 34 heavy (non-hydrogen) atoms. The zero-order valence-electron chi connectivity index (χ0n) is 21.4. The van der Waals surface area contributed by atoms with Crippen LogP contribution in [0.5, 0.6) is 0 Å². The molecule has 0 spiro atoms. The van der Waals surface area contributed by atoms with Gasteiger partial charge < -0.3 is 35.3 Å². The van der Waals surface area contributed by atoms with E-state index in [1.807, 2.05) is 0 Å². The second-order valence-corrected chi connectivity index (χ2v) is 9.44. The minimum Gasteiger partial charge on any atom is -0.766 e. The Balaban J connectivity index is -0.00000480. The molecule has 0 aromatic rings. The molecule has 15 heteroatoms. The van der Waals surface area contributed by atoms with Crippen LogP contribution >= 0.6 is 7.75 Å². The second kappa shape index (κ2) is 20.3. The molecule has 0 heterocycles. The molecule has 3 amide bonds. The largest absolute Gasteiger partial charge is 1.00 e. The minimum absolute atomic E-state index is 0. The summed E-state index contributed by atoms with van der Waals surface area (Å²) in [6.45, 7) is 9.27. The smallest absolute Gasteiger partial charge is 0.766 e. The molecule has 0 aromatic carbocycles. The zero-order chi connectivity index (χ0) is 25.1. The Morgan fingerprint density at radius 1 is 0.971 bits per heavy atom. The molecule has 5 atom stereocenters. The van der Waals surface area contributed by atoms with Gasteiger partial charge in [-0.3, -0.25) is 18.9 Å². The summed E-state index contributed by atoms with van der Waals surface area (Å²) in [5.74, 6) is -3.97. The maximum absolute atomic E-state index is 12.6. The summed E-state index contributed by atoms with van der Waals surface area (Å²) in [6.07, 6.45) is 0.651. The van der Waals surface area contributed by atoms with Crippen molar-refractivity contribution in [3.8, 4) is 0 Å². The molecule has 0 radical (unpaired) electrons.